The van der Waals surface area contributed by atoms with Gasteiger partial charge in [-0.1, -0.05) is 6.92 Å². The zero-order valence-corrected chi connectivity index (χ0v) is 9.83. The van der Waals surface area contributed by atoms with Crippen LogP contribution in [0.25, 0.3) is 11.0 Å². The van der Waals surface area contributed by atoms with E-state index in [1.807, 2.05) is 0 Å². The Kier molecular flexibility index (Phi) is 3.41. The Morgan fingerprint density at radius 1 is 1.39 bits per heavy atom. The second kappa shape index (κ2) is 5.00. The van der Waals surface area contributed by atoms with Gasteiger partial charge in [0.2, 0.25) is 5.91 Å². The van der Waals surface area contributed by atoms with Gasteiger partial charge in [-0.15, -0.1) is 0 Å². The van der Waals surface area contributed by atoms with Gasteiger partial charge in [-0.25, -0.2) is 9.18 Å². The van der Waals surface area contributed by atoms with Crippen molar-refractivity contribution in [1.29, 1.82) is 0 Å². The quantitative estimate of drug-likeness (QED) is 0.846. The smallest absolute Gasteiger partial charge is 0.336 e. The fourth-order valence-corrected chi connectivity index (χ4v) is 1.67. The van der Waals surface area contributed by atoms with Crippen LogP contribution < -0.4 is 10.9 Å². The minimum Gasteiger partial charge on any atom is -0.423 e. The molecule has 0 saturated carbocycles. The van der Waals surface area contributed by atoms with Gasteiger partial charge >= 0.3 is 5.63 Å². The average molecular weight is 249 g/mol. The monoisotopic (exact) mass is 249 g/mol. The van der Waals surface area contributed by atoms with Gasteiger partial charge in [0, 0.05) is 24.4 Å². The number of fused-ring (bicyclic) bond motifs is 1. The maximum absolute atomic E-state index is 13.2. The molecule has 1 aromatic carbocycles. The summed E-state index contributed by atoms with van der Waals surface area (Å²) >= 11 is 0. The molecule has 18 heavy (non-hydrogen) atoms. The third kappa shape index (κ3) is 2.56. The molecule has 0 unspecified atom stereocenters. The molecule has 0 aliphatic heterocycles. The molecule has 1 aromatic heterocycles. The number of hydrogen-bond donors (Lipinski definition) is 1. The Morgan fingerprint density at radius 2 is 2.17 bits per heavy atom. The Balaban J connectivity index is 2.44. The van der Waals surface area contributed by atoms with Crippen LogP contribution in [0.1, 0.15) is 18.9 Å². The molecule has 0 spiro atoms. The highest BCUT2D eigenvalue weighted by atomic mass is 19.1. The van der Waals surface area contributed by atoms with Gasteiger partial charge in [-0.3, -0.25) is 4.79 Å². The Labute approximate surface area is 102 Å². The summed E-state index contributed by atoms with van der Waals surface area (Å²) in [5.74, 6) is -0.549. The molecule has 1 heterocycles. The minimum absolute atomic E-state index is 0.132. The lowest BCUT2D eigenvalue weighted by Gasteiger charge is -2.06. The van der Waals surface area contributed by atoms with Crippen LogP contribution in [-0.4, -0.2) is 5.91 Å². The lowest BCUT2D eigenvalue weighted by atomic mass is 10.1. The van der Waals surface area contributed by atoms with Crippen LogP contribution in [0.4, 0.5) is 4.39 Å². The summed E-state index contributed by atoms with van der Waals surface area (Å²) in [5.41, 5.74) is 0.335. The zero-order chi connectivity index (χ0) is 13.1. The highest BCUT2D eigenvalue weighted by molar-refractivity contribution is 5.81. The van der Waals surface area contributed by atoms with Crippen molar-refractivity contribution in [3.8, 4) is 0 Å². The van der Waals surface area contributed by atoms with Gasteiger partial charge in [0.25, 0.3) is 0 Å². The molecular formula is C13H12FNO3. The van der Waals surface area contributed by atoms with Crippen LogP contribution in [0.2, 0.25) is 0 Å². The minimum atomic E-state index is -0.519. The summed E-state index contributed by atoms with van der Waals surface area (Å²) in [6, 6.07) is 5.17. The molecule has 2 rings (SSSR count). The van der Waals surface area contributed by atoms with E-state index in [1.54, 1.807) is 6.92 Å². The van der Waals surface area contributed by atoms with Crippen LogP contribution in [-0.2, 0) is 11.3 Å². The number of halogens is 1. The van der Waals surface area contributed by atoms with Gasteiger partial charge in [-0.2, -0.15) is 0 Å². The van der Waals surface area contributed by atoms with Crippen molar-refractivity contribution in [1.82, 2.24) is 5.32 Å². The standard InChI is InChI=1S/C13H12FNO3/c1-2-12(16)15-7-8-5-13(17)18-11-4-3-9(14)6-10(8)11/h3-6H,2,7H2,1H3,(H,15,16). The Morgan fingerprint density at radius 3 is 2.89 bits per heavy atom. The molecule has 0 saturated heterocycles. The van der Waals surface area contributed by atoms with Crippen molar-refractivity contribution in [3.05, 3.63) is 46.1 Å². The number of carbonyl (C=O) groups excluding carboxylic acids is 1. The summed E-state index contributed by atoms with van der Waals surface area (Å²) in [6.45, 7) is 1.91. The van der Waals surface area contributed by atoms with Gasteiger partial charge in [0.15, 0.2) is 0 Å². The van der Waals surface area contributed by atoms with Crippen molar-refractivity contribution in [2.45, 2.75) is 19.9 Å². The third-order valence-corrected chi connectivity index (χ3v) is 2.59. The second-order valence-electron chi connectivity index (χ2n) is 3.86. The van der Waals surface area contributed by atoms with Crippen LogP contribution in [0.3, 0.4) is 0 Å². The second-order valence-corrected chi connectivity index (χ2v) is 3.86. The maximum atomic E-state index is 13.2. The highest BCUT2D eigenvalue weighted by Crippen LogP contribution is 2.18. The number of carbonyl (C=O) groups is 1. The highest BCUT2D eigenvalue weighted by Gasteiger charge is 2.07. The van der Waals surface area contributed by atoms with E-state index in [0.717, 1.165) is 0 Å². The molecular weight excluding hydrogens is 237 g/mol. The number of nitrogens with one attached hydrogen (secondary N) is 1. The summed E-state index contributed by atoms with van der Waals surface area (Å²) in [4.78, 5) is 22.5. The Hall–Kier alpha value is -2.17. The SMILES string of the molecule is CCC(=O)NCc1cc(=O)oc2ccc(F)cc12. The predicted molar refractivity (Wildman–Crippen MR) is 64.6 cm³/mol. The summed E-state index contributed by atoms with van der Waals surface area (Å²) in [6.07, 6.45) is 0.355. The maximum Gasteiger partial charge on any atom is 0.336 e. The molecule has 0 fully saturated rings. The van der Waals surface area contributed by atoms with E-state index in [-0.39, 0.29) is 12.5 Å². The van der Waals surface area contributed by atoms with Crippen LogP contribution in [0.15, 0.2) is 33.5 Å². The van der Waals surface area contributed by atoms with Gasteiger partial charge in [0.1, 0.15) is 11.4 Å². The molecule has 0 atom stereocenters. The third-order valence-electron chi connectivity index (χ3n) is 2.59. The van der Waals surface area contributed by atoms with Gasteiger partial charge < -0.3 is 9.73 Å². The molecule has 4 nitrogen and oxygen atoms in total. The first-order chi connectivity index (χ1) is 8.60. The van der Waals surface area contributed by atoms with E-state index < -0.39 is 11.4 Å². The summed E-state index contributed by atoms with van der Waals surface area (Å²) < 4.78 is 18.1. The molecule has 1 N–H and O–H groups in total. The van der Waals surface area contributed by atoms with Crippen molar-refractivity contribution in [3.63, 3.8) is 0 Å². The molecule has 0 radical (unpaired) electrons. The molecule has 2 aromatic rings. The van der Waals surface area contributed by atoms with E-state index in [4.69, 9.17) is 4.42 Å². The molecule has 94 valence electrons. The fraction of sp³-hybridized carbons (Fsp3) is 0.231. The largest absolute Gasteiger partial charge is 0.423 e. The number of rotatable bonds is 3. The fourth-order valence-electron chi connectivity index (χ4n) is 1.67. The first kappa shape index (κ1) is 12.3. The first-order valence-electron chi connectivity index (χ1n) is 5.59. The van der Waals surface area contributed by atoms with Crippen molar-refractivity contribution in [2.24, 2.45) is 0 Å². The first-order valence-corrected chi connectivity index (χ1v) is 5.59. The van der Waals surface area contributed by atoms with Crippen LogP contribution in [0, 0.1) is 5.82 Å². The zero-order valence-electron chi connectivity index (χ0n) is 9.83. The lowest BCUT2D eigenvalue weighted by Crippen LogP contribution is -2.22. The average Bonchev–Trinajstić information content (AvgIpc) is 2.36. The van der Waals surface area contributed by atoms with Crippen LogP contribution in [0.5, 0.6) is 0 Å². The van der Waals surface area contributed by atoms with Crippen molar-refractivity contribution in [2.75, 3.05) is 0 Å². The summed E-state index contributed by atoms with van der Waals surface area (Å²) in [7, 11) is 0. The topological polar surface area (TPSA) is 59.3 Å². The van der Waals surface area contributed by atoms with E-state index >= 15 is 0 Å². The van der Waals surface area contributed by atoms with Crippen molar-refractivity contribution < 1.29 is 13.6 Å². The van der Waals surface area contributed by atoms with Gasteiger partial charge in [-0.05, 0) is 23.8 Å². The molecule has 1 amide bonds. The number of benzene rings is 1. The normalized spacial score (nSPS) is 10.6. The number of hydrogen-bond acceptors (Lipinski definition) is 3. The summed E-state index contributed by atoms with van der Waals surface area (Å²) in [5, 5.41) is 3.14. The van der Waals surface area contributed by atoms with Crippen molar-refractivity contribution >= 4 is 16.9 Å². The predicted octanol–water partition coefficient (Wildman–Crippen LogP) is 1.96. The molecule has 0 bridgehead atoms. The lowest BCUT2D eigenvalue weighted by molar-refractivity contribution is -0.120. The molecule has 0 aliphatic carbocycles. The number of amides is 1. The van der Waals surface area contributed by atoms with E-state index in [1.165, 1.54) is 24.3 Å². The molecule has 0 aliphatic rings. The molecule has 5 heteroatoms. The van der Waals surface area contributed by atoms with E-state index in [9.17, 15) is 14.0 Å². The van der Waals surface area contributed by atoms with Crippen LogP contribution >= 0.6 is 0 Å². The van der Waals surface area contributed by atoms with E-state index in [2.05, 4.69) is 5.32 Å². The Bertz CT molecular complexity index is 648. The van der Waals surface area contributed by atoms with E-state index in [0.29, 0.717) is 23.0 Å². The van der Waals surface area contributed by atoms with Gasteiger partial charge in [0.05, 0.1) is 0 Å².